The maximum atomic E-state index is 13.3. The van der Waals surface area contributed by atoms with Crippen LogP contribution in [0.5, 0.6) is 0 Å². The first-order valence-electron chi connectivity index (χ1n) is 9.88. The van der Waals surface area contributed by atoms with E-state index in [1.165, 1.54) is 13.5 Å². The van der Waals surface area contributed by atoms with E-state index in [2.05, 4.69) is 9.88 Å². The maximum absolute atomic E-state index is 13.3. The Hall–Kier alpha value is -2.15. The highest BCUT2D eigenvalue weighted by Crippen LogP contribution is 2.40. The molecule has 0 unspecified atom stereocenters. The summed E-state index contributed by atoms with van der Waals surface area (Å²) in [6.45, 7) is 3.00. The fraction of sp³-hybridized carbons (Fsp3) is 0.650. The van der Waals surface area contributed by atoms with Crippen LogP contribution < -0.4 is 4.90 Å². The molecule has 27 heavy (non-hydrogen) atoms. The van der Waals surface area contributed by atoms with Gasteiger partial charge in [-0.05, 0) is 37.3 Å². The number of morpholine rings is 1. The van der Waals surface area contributed by atoms with Crippen LogP contribution in [0.2, 0.25) is 0 Å². The monoisotopic (exact) mass is 373 g/mol. The van der Waals surface area contributed by atoms with Crippen molar-refractivity contribution in [2.45, 2.75) is 44.2 Å². The topological polar surface area (TPSA) is 72.0 Å². The Balaban J connectivity index is 1.54. The van der Waals surface area contributed by atoms with Crippen LogP contribution in [0.25, 0.3) is 0 Å². The minimum atomic E-state index is -0.477. The Morgan fingerprint density at radius 1 is 1.19 bits per heavy atom. The smallest absolute Gasteiger partial charge is 0.328 e. The molecule has 146 valence electrons. The summed E-state index contributed by atoms with van der Waals surface area (Å²) in [6.07, 6.45) is 6.67. The molecule has 7 heteroatoms. The Morgan fingerprint density at radius 3 is 2.67 bits per heavy atom. The van der Waals surface area contributed by atoms with E-state index < -0.39 is 6.04 Å². The molecule has 2 aliphatic heterocycles. The standard InChI is InChI=1S/C20H27N3O4/c1-26-20(25)17-12-14-4-2-3-5-16(14)23(17)19(24)15-6-7-18(21-13-15)22-8-10-27-11-9-22/h6-7,13-14,16-17H,2-5,8-12H2,1H3/t14-,16-,17-/m0/s1. The van der Waals surface area contributed by atoms with Crippen LogP contribution in [0.1, 0.15) is 42.5 Å². The van der Waals surface area contributed by atoms with E-state index in [9.17, 15) is 9.59 Å². The van der Waals surface area contributed by atoms with Crippen LogP contribution in [-0.4, -0.2) is 67.3 Å². The molecule has 7 nitrogen and oxygen atoms in total. The lowest BCUT2D eigenvalue weighted by molar-refractivity contribution is -0.145. The predicted molar refractivity (Wildman–Crippen MR) is 99.6 cm³/mol. The molecule has 0 radical (unpaired) electrons. The van der Waals surface area contributed by atoms with Crippen molar-refractivity contribution in [1.29, 1.82) is 0 Å². The number of likely N-dealkylation sites (tertiary alicyclic amines) is 1. The van der Waals surface area contributed by atoms with Crippen LogP contribution in [0.15, 0.2) is 18.3 Å². The zero-order valence-electron chi connectivity index (χ0n) is 15.8. The Bertz CT molecular complexity index is 687. The molecule has 1 aromatic heterocycles. The first kappa shape index (κ1) is 18.2. The van der Waals surface area contributed by atoms with Crippen LogP contribution in [-0.2, 0) is 14.3 Å². The van der Waals surface area contributed by atoms with Crippen LogP contribution >= 0.6 is 0 Å². The molecule has 2 saturated heterocycles. The minimum absolute atomic E-state index is 0.110. The van der Waals surface area contributed by atoms with Gasteiger partial charge < -0.3 is 19.3 Å². The first-order valence-corrected chi connectivity index (χ1v) is 9.88. The van der Waals surface area contributed by atoms with Crippen LogP contribution in [0, 0.1) is 5.92 Å². The number of hydrogen-bond donors (Lipinski definition) is 0. The largest absolute Gasteiger partial charge is 0.467 e. The Morgan fingerprint density at radius 2 is 1.96 bits per heavy atom. The van der Waals surface area contributed by atoms with Gasteiger partial charge >= 0.3 is 5.97 Å². The highest BCUT2D eigenvalue weighted by Gasteiger charge is 2.48. The summed E-state index contributed by atoms with van der Waals surface area (Å²) < 4.78 is 10.4. The van der Waals surface area contributed by atoms with Crippen LogP contribution in [0.4, 0.5) is 5.82 Å². The molecule has 3 fully saturated rings. The molecular weight excluding hydrogens is 346 g/mol. The van der Waals surface area contributed by atoms with Gasteiger partial charge in [-0.15, -0.1) is 0 Å². The number of nitrogens with zero attached hydrogens (tertiary/aromatic N) is 3. The number of fused-ring (bicyclic) bond motifs is 1. The fourth-order valence-corrected chi connectivity index (χ4v) is 4.74. The molecule has 0 spiro atoms. The van der Waals surface area contributed by atoms with Crippen molar-refractivity contribution in [3.8, 4) is 0 Å². The van der Waals surface area contributed by atoms with E-state index in [0.717, 1.165) is 38.2 Å². The minimum Gasteiger partial charge on any atom is -0.467 e. The molecule has 3 atom stereocenters. The molecule has 0 bridgehead atoms. The van der Waals surface area contributed by atoms with Crippen molar-refractivity contribution in [1.82, 2.24) is 9.88 Å². The zero-order valence-corrected chi connectivity index (χ0v) is 15.8. The molecule has 0 N–H and O–H groups in total. The predicted octanol–water partition coefficient (Wildman–Crippen LogP) is 1.86. The number of rotatable bonds is 3. The zero-order chi connectivity index (χ0) is 18.8. The molecule has 3 aliphatic rings. The van der Waals surface area contributed by atoms with Crippen molar-refractivity contribution >= 4 is 17.7 Å². The molecule has 4 rings (SSSR count). The first-order chi connectivity index (χ1) is 13.2. The quantitative estimate of drug-likeness (QED) is 0.753. The van der Waals surface area contributed by atoms with Crippen molar-refractivity contribution in [2.24, 2.45) is 5.92 Å². The number of hydrogen-bond acceptors (Lipinski definition) is 6. The SMILES string of the molecule is COC(=O)[C@@H]1C[C@@H]2CCCC[C@@H]2N1C(=O)c1ccc(N2CCOCC2)nc1. The molecule has 1 aliphatic carbocycles. The average molecular weight is 373 g/mol. The highest BCUT2D eigenvalue weighted by atomic mass is 16.5. The number of pyridine rings is 1. The lowest BCUT2D eigenvalue weighted by Crippen LogP contribution is -2.46. The van der Waals surface area contributed by atoms with Crippen molar-refractivity contribution in [3.05, 3.63) is 23.9 Å². The van der Waals surface area contributed by atoms with Gasteiger partial charge in [0.1, 0.15) is 11.9 Å². The van der Waals surface area contributed by atoms with Gasteiger partial charge in [0.2, 0.25) is 0 Å². The summed E-state index contributed by atoms with van der Waals surface area (Å²) in [5, 5.41) is 0. The number of carbonyl (C=O) groups excluding carboxylic acids is 2. The number of ether oxygens (including phenoxy) is 2. The lowest BCUT2D eigenvalue weighted by Gasteiger charge is -2.33. The Labute approximate surface area is 159 Å². The summed E-state index contributed by atoms with van der Waals surface area (Å²) in [5.74, 6) is 0.834. The van der Waals surface area contributed by atoms with E-state index in [1.54, 1.807) is 11.1 Å². The van der Waals surface area contributed by atoms with Crippen molar-refractivity contribution in [3.63, 3.8) is 0 Å². The number of carbonyl (C=O) groups is 2. The van der Waals surface area contributed by atoms with E-state index in [0.29, 0.717) is 31.1 Å². The molecule has 1 amide bonds. The normalized spacial score (nSPS) is 28.0. The number of amides is 1. The third kappa shape index (κ3) is 3.52. The molecular formula is C20H27N3O4. The highest BCUT2D eigenvalue weighted by molar-refractivity contribution is 5.97. The second-order valence-electron chi connectivity index (χ2n) is 7.60. The number of aromatic nitrogens is 1. The number of esters is 1. The molecule has 3 heterocycles. The molecule has 1 saturated carbocycles. The van der Waals surface area contributed by atoms with Crippen LogP contribution in [0.3, 0.4) is 0 Å². The van der Waals surface area contributed by atoms with Gasteiger partial charge in [-0.3, -0.25) is 4.79 Å². The van der Waals surface area contributed by atoms with E-state index in [-0.39, 0.29) is 17.9 Å². The summed E-state index contributed by atoms with van der Waals surface area (Å²) in [6, 6.07) is 3.37. The van der Waals surface area contributed by atoms with Gasteiger partial charge in [-0.1, -0.05) is 12.8 Å². The van der Waals surface area contributed by atoms with E-state index in [4.69, 9.17) is 9.47 Å². The third-order valence-electron chi connectivity index (χ3n) is 6.13. The van der Waals surface area contributed by atoms with Gasteiger partial charge in [-0.25, -0.2) is 9.78 Å². The third-order valence-corrected chi connectivity index (χ3v) is 6.13. The number of anilines is 1. The lowest BCUT2D eigenvalue weighted by atomic mass is 9.84. The van der Waals surface area contributed by atoms with Gasteiger partial charge in [0.15, 0.2) is 0 Å². The van der Waals surface area contributed by atoms with E-state index in [1.807, 2.05) is 12.1 Å². The summed E-state index contributed by atoms with van der Waals surface area (Å²) >= 11 is 0. The maximum Gasteiger partial charge on any atom is 0.328 e. The number of methoxy groups -OCH3 is 1. The molecule has 0 aromatic carbocycles. The summed E-state index contributed by atoms with van der Waals surface area (Å²) in [7, 11) is 1.39. The van der Waals surface area contributed by atoms with Gasteiger partial charge in [0, 0.05) is 25.3 Å². The van der Waals surface area contributed by atoms with Gasteiger partial charge in [0.25, 0.3) is 5.91 Å². The van der Waals surface area contributed by atoms with Gasteiger partial charge in [0.05, 0.1) is 25.9 Å². The summed E-state index contributed by atoms with van der Waals surface area (Å²) in [4.78, 5) is 34.0. The Kier molecular flexibility index (Phi) is 5.29. The van der Waals surface area contributed by atoms with Crippen molar-refractivity contribution < 1.29 is 19.1 Å². The second-order valence-corrected chi connectivity index (χ2v) is 7.60. The fourth-order valence-electron chi connectivity index (χ4n) is 4.74. The van der Waals surface area contributed by atoms with Crippen molar-refractivity contribution in [2.75, 3.05) is 38.3 Å². The molecule has 1 aromatic rings. The summed E-state index contributed by atoms with van der Waals surface area (Å²) in [5.41, 5.74) is 0.534. The second kappa shape index (κ2) is 7.84. The van der Waals surface area contributed by atoms with E-state index >= 15 is 0 Å². The average Bonchev–Trinajstić information content (AvgIpc) is 3.13. The van der Waals surface area contributed by atoms with Gasteiger partial charge in [-0.2, -0.15) is 0 Å².